The zero-order chi connectivity index (χ0) is 15.1. The monoisotopic (exact) mass is 292 g/mol. The lowest BCUT2D eigenvalue weighted by Crippen LogP contribution is -2.49. The Labute approximate surface area is 125 Å². The Bertz CT molecular complexity index is 463. The molecule has 0 aliphatic carbocycles. The van der Waals surface area contributed by atoms with Gasteiger partial charge >= 0.3 is 6.03 Å². The molecule has 1 aromatic carbocycles. The molecule has 5 heteroatoms. The van der Waals surface area contributed by atoms with E-state index >= 15 is 0 Å². The molecular weight excluding hydrogens is 268 g/mol. The minimum Gasteiger partial charge on any atom is -0.508 e. The van der Waals surface area contributed by atoms with Crippen molar-refractivity contribution >= 4 is 6.03 Å². The van der Waals surface area contributed by atoms with Crippen LogP contribution in [-0.4, -0.2) is 46.9 Å². The van der Waals surface area contributed by atoms with Crippen molar-refractivity contribution < 1.29 is 15.0 Å². The van der Waals surface area contributed by atoms with E-state index in [0.717, 1.165) is 31.4 Å². The molecule has 116 valence electrons. The zero-order valence-electron chi connectivity index (χ0n) is 12.3. The first kappa shape index (κ1) is 15.6. The molecule has 21 heavy (non-hydrogen) atoms. The number of aliphatic hydroxyl groups excluding tert-OH is 1. The predicted molar refractivity (Wildman–Crippen MR) is 81.3 cm³/mol. The van der Waals surface area contributed by atoms with Crippen LogP contribution in [0.2, 0.25) is 0 Å². The van der Waals surface area contributed by atoms with Gasteiger partial charge in [-0.25, -0.2) is 4.79 Å². The fourth-order valence-electron chi connectivity index (χ4n) is 2.84. The lowest BCUT2D eigenvalue weighted by atomic mass is 10.0. The second-order valence-corrected chi connectivity index (χ2v) is 5.51. The molecule has 1 unspecified atom stereocenters. The summed E-state index contributed by atoms with van der Waals surface area (Å²) in [5, 5.41) is 21.4. The van der Waals surface area contributed by atoms with Crippen molar-refractivity contribution in [1.29, 1.82) is 0 Å². The first-order valence-electron chi connectivity index (χ1n) is 7.64. The van der Waals surface area contributed by atoms with Gasteiger partial charge in [-0.1, -0.05) is 12.1 Å². The van der Waals surface area contributed by atoms with Crippen LogP contribution >= 0.6 is 0 Å². The van der Waals surface area contributed by atoms with E-state index in [2.05, 4.69) is 5.32 Å². The van der Waals surface area contributed by atoms with Gasteiger partial charge in [-0.15, -0.1) is 0 Å². The topological polar surface area (TPSA) is 72.8 Å². The van der Waals surface area contributed by atoms with Crippen LogP contribution in [0.3, 0.4) is 0 Å². The number of amides is 2. The van der Waals surface area contributed by atoms with Gasteiger partial charge in [0.15, 0.2) is 0 Å². The third kappa shape index (κ3) is 4.63. The highest BCUT2D eigenvalue weighted by Gasteiger charge is 2.25. The molecule has 0 aromatic heterocycles. The maximum atomic E-state index is 12.2. The van der Waals surface area contributed by atoms with Crippen LogP contribution < -0.4 is 5.32 Å². The van der Waals surface area contributed by atoms with E-state index in [9.17, 15) is 9.90 Å². The van der Waals surface area contributed by atoms with Crippen LogP contribution in [0.25, 0.3) is 0 Å². The quantitative estimate of drug-likeness (QED) is 0.776. The molecule has 1 heterocycles. The van der Waals surface area contributed by atoms with Gasteiger partial charge in [0.25, 0.3) is 0 Å². The van der Waals surface area contributed by atoms with Crippen molar-refractivity contribution in [2.75, 3.05) is 19.7 Å². The van der Waals surface area contributed by atoms with Crippen LogP contribution in [0.15, 0.2) is 24.3 Å². The molecule has 1 atom stereocenters. The molecular formula is C16H24N2O3. The second-order valence-electron chi connectivity index (χ2n) is 5.51. The van der Waals surface area contributed by atoms with Gasteiger partial charge in [-0.2, -0.15) is 0 Å². The Morgan fingerprint density at radius 3 is 3.00 bits per heavy atom. The molecule has 2 rings (SSSR count). The fourth-order valence-corrected chi connectivity index (χ4v) is 2.84. The number of urea groups is 1. The Morgan fingerprint density at radius 1 is 1.38 bits per heavy atom. The van der Waals surface area contributed by atoms with Gasteiger partial charge in [0.2, 0.25) is 0 Å². The smallest absolute Gasteiger partial charge is 0.317 e. The van der Waals surface area contributed by atoms with Crippen LogP contribution in [0.5, 0.6) is 5.75 Å². The average molecular weight is 292 g/mol. The van der Waals surface area contributed by atoms with Crippen LogP contribution in [0.1, 0.15) is 31.2 Å². The maximum Gasteiger partial charge on any atom is 0.317 e. The molecule has 1 aliphatic rings. The molecule has 1 aromatic rings. The van der Waals surface area contributed by atoms with E-state index in [1.165, 1.54) is 0 Å². The molecule has 0 spiro atoms. The van der Waals surface area contributed by atoms with E-state index in [-0.39, 0.29) is 24.4 Å². The summed E-state index contributed by atoms with van der Waals surface area (Å²) < 4.78 is 0. The summed E-state index contributed by atoms with van der Waals surface area (Å²) >= 11 is 0. The highest BCUT2D eigenvalue weighted by molar-refractivity contribution is 5.74. The number of benzene rings is 1. The van der Waals surface area contributed by atoms with Crippen molar-refractivity contribution in [2.24, 2.45) is 0 Å². The number of nitrogens with one attached hydrogen (secondary N) is 1. The summed E-state index contributed by atoms with van der Waals surface area (Å²) in [4.78, 5) is 14.1. The SMILES string of the molecule is O=C(NCCc1cccc(O)c1)N1CCCCC1CCO. The minimum absolute atomic E-state index is 0.0479. The second kappa shape index (κ2) is 7.88. The number of likely N-dealkylation sites (tertiary alicyclic amines) is 1. The summed E-state index contributed by atoms with van der Waals surface area (Å²) in [7, 11) is 0. The number of rotatable bonds is 5. The van der Waals surface area contributed by atoms with Gasteiger partial charge in [0.1, 0.15) is 5.75 Å². The predicted octanol–water partition coefficient (Wildman–Crippen LogP) is 1.88. The van der Waals surface area contributed by atoms with E-state index in [0.29, 0.717) is 19.4 Å². The first-order valence-corrected chi connectivity index (χ1v) is 7.64. The fraction of sp³-hybridized carbons (Fsp3) is 0.562. The number of phenolic OH excluding ortho intramolecular Hbond substituents is 1. The number of piperidine rings is 1. The van der Waals surface area contributed by atoms with Crippen molar-refractivity contribution in [2.45, 2.75) is 38.1 Å². The number of hydrogen-bond acceptors (Lipinski definition) is 3. The van der Waals surface area contributed by atoms with Gasteiger partial charge < -0.3 is 20.4 Å². The van der Waals surface area contributed by atoms with Crippen LogP contribution in [-0.2, 0) is 6.42 Å². The number of hydrogen-bond donors (Lipinski definition) is 3. The standard InChI is InChI=1S/C16H24N2O3/c19-11-8-14-5-1-2-10-18(14)16(21)17-9-7-13-4-3-6-15(20)12-13/h3-4,6,12,14,19-20H,1-2,5,7-11H2,(H,17,21). The van der Waals surface area contributed by atoms with E-state index in [4.69, 9.17) is 5.11 Å². The summed E-state index contributed by atoms with van der Waals surface area (Å²) in [6.45, 7) is 1.44. The Kier molecular flexibility index (Phi) is 5.87. The van der Waals surface area contributed by atoms with Crippen molar-refractivity contribution in [3.05, 3.63) is 29.8 Å². The summed E-state index contributed by atoms with van der Waals surface area (Å²) in [5.41, 5.74) is 1.00. The van der Waals surface area contributed by atoms with E-state index in [1.807, 2.05) is 11.0 Å². The van der Waals surface area contributed by atoms with E-state index < -0.39 is 0 Å². The highest BCUT2D eigenvalue weighted by atomic mass is 16.3. The summed E-state index contributed by atoms with van der Waals surface area (Å²) in [5.74, 6) is 0.248. The lowest BCUT2D eigenvalue weighted by Gasteiger charge is -2.35. The Hall–Kier alpha value is -1.75. The number of aromatic hydroxyl groups is 1. The van der Waals surface area contributed by atoms with Gasteiger partial charge in [0.05, 0.1) is 0 Å². The summed E-state index contributed by atoms with van der Waals surface area (Å²) in [6.07, 6.45) is 4.47. The largest absolute Gasteiger partial charge is 0.508 e. The molecule has 0 radical (unpaired) electrons. The van der Waals surface area contributed by atoms with Gasteiger partial charge in [0, 0.05) is 25.7 Å². The van der Waals surface area contributed by atoms with Gasteiger partial charge in [-0.05, 0) is 49.8 Å². The molecule has 1 aliphatic heterocycles. The normalized spacial score (nSPS) is 18.5. The van der Waals surface area contributed by atoms with Crippen molar-refractivity contribution in [3.8, 4) is 5.75 Å². The van der Waals surface area contributed by atoms with Crippen molar-refractivity contribution in [1.82, 2.24) is 10.2 Å². The molecule has 2 amide bonds. The van der Waals surface area contributed by atoms with Gasteiger partial charge in [-0.3, -0.25) is 0 Å². The lowest BCUT2D eigenvalue weighted by molar-refractivity contribution is 0.132. The molecule has 1 saturated heterocycles. The minimum atomic E-state index is -0.0479. The summed E-state index contributed by atoms with van der Waals surface area (Å²) in [6, 6.07) is 7.19. The zero-order valence-corrected chi connectivity index (χ0v) is 12.3. The number of phenols is 1. The van der Waals surface area contributed by atoms with Crippen LogP contribution in [0.4, 0.5) is 4.79 Å². The number of carbonyl (C=O) groups is 1. The molecule has 0 saturated carbocycles. The molecule has 1 fully saturated rings. The number of aliphatic hydroxyl groups is 1. The average Bonchev–Trinajstić information content (AvgIpc) is 2.48. The highest BCUT2D eigenvalue weighted by Crippen LogP contribution is 2.19. The number of carbonyl (C=O) groups excluding carboxylic acids is 1. The maximum absolute atomic E-state index is 12.2. The number of nitrogens with zero attached hydrogens (tertiary/aromatic N) is 1. The van der Waals surface area contributed by atoms with Crippen LogP contribution in [0, 0.1) is 0 Å². The molecule has 5 nitrogen and oxygen atoms in total. The van der Waals surface area contributed by atoms with E-state index in [1.54, 1.807) is 18.2 Å². The Morgan fingerprint density at radius 2 is 2.24 bits per heavy atom. The third-order valence-electron chi connectivity index (χ3n) is 3.95. The van der Waals surface area contributed by atoms with Crippen molar-refractivity contribution in [3.63, 3.8) is 0 Å². The molecule has 0 bridgehead atoms. The third-order valence-corrected chi connectivity index (χ3v) is 3.95. The Balaban J connectivity index is 1.80. The molecule has 3 N–H and O–H groups in total. The first-order chi connectivity index (χ1) is 10.2.